The molecular weight excluding hydrogens is 342 g/mol. The molecule has 142 valence electrons. The van der Waals surface area contributed by atoms with Crippen molar-refractivity contribution in [3.8, 4) is 11.1 Å². The minimum absolute atomic E-state index is 0.221. The molecule has 1 N–H and O–H groups in total. The van der Waals surface area contributed by atoms with Gasteiger partial charge < -0.3 is 9.84 Å². The molecule has 2 aromatic rings. The van der Waals surface area contributed by atoms with Crippen molar-refractivity contribution in [2.24, 2.45) is 0 Å². The number of hydrogen-bond donors (Lipinski definition) is 1. The van der Waals surface area contributed by atoms with Crippen molar-refractivity contribution >= 4 is 12.0 Å². The Balaban J connectivity index is 1.75. The van der Waals surface area contributed by atoms with Gasteiger partial charge in [-0.1, -0.05) is 54.6 Å². The lowest BCUT2D eigenvalue weighted by Gasteiger charge is -2.27. The Kier molecular flexibility index (Phi) is 5.33. The molecule has 0 aliphatic carbocycles. The second-order valence-electron chi connectivity index (χ2n) is 7.86. The van der Waals surface area contributed by atoms with E-state index in [2.05, 4.69) is 0 Å². The molecule has 2 amide bonds. The molecule has 0 bridgehead atoms. The fraction of sp³-hybridized carbons (Fsp3) is 0.364. The van der Waals surface area contributed by atoms with Crippen molar-refractivity contribution in [2.75, 3.05) is 0 Å². The Labute approximate surface area is 159 Å². The molecule has 0 saturated carbocycles. The maximum Gasteiger partial charge on any atom is 0.417 e. The molecule has 27 heavy (non-hydrogen) atoms. The summed E-state index contributed by atoms with van der Waals surface area (Å²) >= 11 is 0. The van der Waals surface area contributed by atoms with E-state index < -0.39 is 29.7 Å². The standard InChI is InChI=1S/C22H25NO4/c1-22(2,3)27-21(26)23-18(14-19(24)20(23)25)13-15-9-11-17(12-10-15)16-7-5-4-6-8-16/h4-12,18-19,24H,13-14H2,1-3H3. The smallest absolute Gasteiger partial charge is 0.417 e. The number of benzene rings is 2. The topological polar surface area (TPSA) is 66.8 Å². The van der Waals surface area contributed by atoms with Gasteiger partial charge in [0.25, 0.3) is 5.91 Å². The fourth-order valence-electron chi connectivity index (χ4n) is 3.27. The number of likely N-dealkylation sites (tertiary alicyclic amines) is 1. The lowest BCUT2D eigenvalue weighted by molar-refractivity contribution is -0.134. The lowest BCUT2D eigenvalue weighted by atomic mass is 9.99. The molecule has 0 aromatic heterocycles. The maximum absolute atomic E-state index is 12.4. The highest BCUT2D eigenvalue weighted by Gasteiger charge is 2.44. The van der Waals surface area contributed by atoms with Crippen LogP contribution in [0.25, 0.3) is 11.1 Å². The Morgan fingerprint density at radius 2 is 1.67 bits per heavy atom. The van der Waals surface area contributed by atoms with Crippen LogP contribution in [0.15, 0.2) is 54.6 Å². The fourth-order valence-corrected chi connectivity index (χ4v) is 3.27. The number of aliphatic hydroxyl groups is 1. The number of ether oxygens (including phenoxy) is 1. The quantitative estimate of drug-likeness (QED) is 0.896. The molecule has 3 rings (SSSR count). The zero-order valence-electron chi connectivity index (χ0n) is 15.9. The van der Waals surface area contributed by atoms with Gasteiger partial charge in [-0.15, -0.1) is 0 Å². The molecule has 1 fully saturated rings. The van der Waals surface area contributed by atoms with Crippen LogP contribution in [-0.2, 0) is 16.0 Å². The first-order valence-electron chi connectivity index (χ1n) is 9.13. The van der Waals surface area contributed by atoms with Crippen LogP contribution < -0.4 is 0 Å². The highest BCUT2D eigenvalue weighted by Crippen LogP contribution is 2.26. The number of nitrogens with zero attached hydrogens (tertiary/aromatic N) is 1. The number of amides is 2. The summed E-state index contributed by atoms with van der Waals surface area (Å²) in [7, 11) is 0. The van der Waals surface area contributed by atoms with Crippen molar-refractivity contribution in [3.63, 3.8) is 0 Å². The molecule has 5 nitrogen and oxygen atoms in total. The minimum Gasteiger partial charge on any atom is -0.443 e. The van der Waals surface area contributed by atoms with Crippen molar-refractivity contribution in [2.45, 2.75) is 51.4 Å². The average Bonchev–Trinajstić information content (AvgIpc) is 2.89. The van der Waals surface area contributed by atoms with Gasteiger partial charge >= 0.3 is 6.09 Å². The van der Waals surface area contributed by atoms with E-state index in [1.807, 2.05) is 54.6 Å². The van der Waals surface area contributed by atoms with Crippen molar-refractivity contribution in [3.05, 3.63) is 60.2 Å². The molecule has 5 heteroatoms. The second-order valence-corrected chi connectivity index (χ2v) is 7.86. The Morgan fingerprint density at radius 3 is 2.26 bits per heavy atom. The van der Waals surface area contributed by atoms with E-state index in [0.717, 1.165) is 21.6 Å². The summed E-state index contributed by atoms with van der Waals surface area (Å²) < 4.78 is 5.34. The van der Waals surface area contributed by atoms with Crippen LogP contribution in [0.3, 0.4) is 0 Å². The average molecular weight is 367 g/mol. The zero-order valence-corrected chi connectivity index (χ0v) is 15.9. The number of rotatable bonds is 3. The Hall–Kier alpha value is -2.66. The maximum atomic E-state index is 12.4. The molecule has 0 radical (unpaired) electrons. The van der Waals surface area contributed by atoms with Gasteiger partial charge in [-0.25, -0.2) is 9.69 Å². The van der Waals surface area contributed by atoms with Gasteiger partial charge in [0.1, 0.15) is 11.7 Å². The van der Waals surface area contributed by atoms with E-state index in [9.17, 15) is 14.7 Å². The van der Waals surface area contributed by atoms with Gasteiger partial charge in [0.2, 0.25) is 0 Å². The van der Waals surface area contributed by atoms with E-state index in [1.165, 1.54) is 0 Å². The monoisotopic (exact) mass is 367 g/mol. The van der Waals surface area contributed by atoms with Crippen LogP contribution in [0, 0.1) is 0 Å². The SMILES string of the molecule is CC(C)(C)OC(=O)N1C(=O)C(O)CC1Cc1ccc(-c2ccccc2)cc1. The first kappa shape index (κ1) is 19.1. The summed E-state index contributed by atoms with van der Waals surface area (Å²) in [5, 5.41) is 9.96. The summed E-state index contributed by atoms with van der Waals surface area (Å²) in [5.74, 6) is -0.588. The van der Waals surface area contributed by atoms with E-state index in [1.54, 1.807) is 20.8 Å². The van der Waals surface area contributed by atoms with E-state index in [4.69, 9.17) is 4.74 Å². The van der Waals surface area contributed by atoms with Crippen LogP contribution in [0.2, 0.25) is 0 Å². The second kappa shape index (κ2) is 7.53. The molecule has 0 spiro atoms. The number of imide groups is 1. The van der Waals surface area contributed by atoms with Crippen molar-refractivity contribution < 1.29 is 19.4 Å². The molecule has 1 heterocycles. The molecule has 2 aromatic carbocycles. The first-order valence-corrected chi connectivity index (χ1v) is 9.13. The largest absolute Gasteiger partial charge is 0.443 e. The van der Waals surface area contributed by atoms with Crippen molar-refractivity contribution in [1.82, 2.24) is 4.90 Å². The van der Waals surface area contributed by atoms with Crippen LogP contribution in [-0.4, -0.2) is 39.8 Å². The van der Waals surface area contributed by atoms with Crippen LogP contribution in [0.4, 0.5) is 4.79 Å². The molecule has 1 saturated heterocycles. The predicted molar refractivity (Wildman–Crippen MR) is 103 cm³/mol. The van der Waals surface area contributed by atoms with E-state index in [-0.39, 0.29) is 6.42 Å². The number of carbonyl (C=O) groups is 2. The van der Waals surface area contributed by atoms with Crippen LogP contribution >= 0.6 is 0 Å². The summed E-state index contributed by atoms with van der Waals surface area (Å²) in [6.45, 7) is 5.25. The number of carbonyl (C=O) groups excluding carboxylic acids is 2. The minimum atomic E-state index is -1.16. The third kappa shape index (κ3) is 4.55. The molecular formula is C22H25NO4. The summed E-state index contributed by atoms with van der Waals surface area (Å²) in [4.78, 5) is 25.7. The third-order valence-corrected chi connectivity index (χ3v) is 4.51. The molecule has 2 unspecified atom stereocenters. The Morgan fingerprint density at radius 1 is 1.07 bits per heavy atom. The van der Waals surface area contributed by atoms with Gasteiger partial charge in [-0.05, 0) is 43.9 Å². The van der Waals surface area contributed by atoms with Gasteiger partial charge in [-0.3, -0.25) is 4.79 Å². The van der Waals surface area contributed by atoms with Gasteiger partial charge in [0, 0.05) is 6.42 Å². The van der Waals surface area contributed by atoms with Crippen LogP contribution in [0.1, 0.15) is 32.8 Å². The molecule has 2 atom stereocenters. The zero-order chi connectivity index (χ0) is 19.6. The van der Waals surface area contributed by atoms with Gasteiger partial charge in [0.15, 0.2) is 0 Å². The predicted octanol–water partition coefficient (Wildman–Crippen LogP) is 3.79. The highest BCUT2D eigenvalue weighted by atomic mass is 16.6. The van der Waals surface area contributed by atoms with Gasteiger partial charge in [-0.2, -0.15) is 0 Å². The summed E-state index contributed by atoms with van der Waals surface area (Å²) in [6.07, 6.45) is -1.16. The van der Waals surface area contributed by atoms with Crippen LogP contribution in [0.5, 0.6) is 0 Å². The first-order chi connectivity index (χ1) is 12.7. The third-order valence-electron chi connectivity index (χ3n) is 4.51. The summed E-state index contributed by atoms with van der Waals surface area (Å²) in [5.41, 5.74) is 2.53. The molecule has 1 aliphatic heterocycles. The highest BCUT2D eigenvalue weighted by molar-refractivity contribution is 5.96. The van der Waals surface area contributed by atoms with Crippen molar-refractivity contribution in [1.29, 1.82) is 0 Å². The number of hydrogen-bond acceptors (Lipinski definition) is 4. The normalized spacial score (nSPS) is 20.0. The number of aliphatic hydroxyl groups excluding tert-OH is 1. The van der Waals surface area contributed by atoms with E-state index >= 15 is 0 Å². The lowest BCUT2D eigenvalue weighted by Crippen LogP contribution is -2.44. The van der Waals surface area contributed by atoms with Gasteiger partial charge in [0.05, 0.1) is 6.04 Å². The molecule has 1 aliphatic rings. The Bertz CT molecular complexity index is 808. The van der Waals surface area contributed by atoms with E-state index in [0.29, 0.717) is 6.42 Å². The summed E-state index contributed by atoms with van der Waals surface area (Å²) in [6, 6.07) is 17.7.